The largest absolute Gasteiger partial charge is 0.497 e. The fourth-order valence-electron chi connectivity index (χ4n) is 3.00. The Morgan fingerprint density at radius 3 is 2.57 bits per heavy atom. The number of aromatic nitrogens is 1. The molecule has 0 aliphatic rings. The second kappa shape index (κ2) is 10.3. The quantitative estimate of drug-likeness (QED) is 0.438. The highest BCUT2D eigenvalue weighted by Crippen LogP contribution is 2.24. The summed E-state index contributed by atoms with van der Waals surface area (Å²) < 4.78 is 16.3. The standard InChI is InChI=1S/C23H28N4O3/c1-16-5-7-17(8-6-16)22-27-19(15-30-22)14-26-23(24-2)25-12-11-18-13-20(28-3)9-10-21(18)29-4/h5-10,13,15H,11-12,14H2,1-4H3,(H2,24,25,26). The Labute approximate surface area is 177 Å². The molecule has 7 nitrogen and oxygen atoms in total. The maximum atomic E-state index is 5.61. The molecule has 0 fully saturated rings. The van der Waals surface area contributed by atoms with E-state index in [9.17, 15) is 0 Å². The Balaban J connectivity index is 1.52. The van der Waals surface area contributed by atoms with Gasteiger partial charge in [-0.25, -0.2) is 4.98 Å². The Morgan fingerprint density at radius 2 is 1.87 bits per heavy atom. The number of hydrogen-bond acceptors (Lipinski definition) is 5. The van der Waals surface area contributed by atoms with Crippen LogP contribution in [0.3, 0.4) is 0 Å². The SMILES string of the molecule is CN=C(NCCc1cc(OC)ccc1OC)NCc1coc(-c2ccc(C)cc2)n1. The van der Waals surface area contributed by atoms with E-state index >= 15 is 0 Å². The number of methoxy groups -OCH3 is 2. The van der Waals surface area contributed by atoms with Gasteiger partial charge in [0.1, 0.15) is 17.8 Å². The molecular formula is C23H28N4O3. The first-order valence-electron chi connectivity index (χ1n) is 9.79. The van der Waals surface area contributed by atoms with Crippen molar-refractivity contribution in [1.29, 1.82) is 0 Å². The van der Waals surface area contributed by atoms with Crippen molar-refractivity contribution in [2.75, 3.05) is 27.8 Å². The summed E-state index contributed by atoms with van der Waals surface area (Å²) in [5.41, 5.74) is 4.04. The monoisotopic (exact) mass is 408 g/mol. The van der Waals surface area contributed by atoms with E-state index in [4.69, 9.17) is 13.9 Å². The maximum absolute atomic E-state index is 5.61. The van der Waals surface area contributed by atoms with E-state index in [0.29, 0.717) is 24.9 Å². The molecule has 1 heterocycles. The first-order valence-corrected chi connectivity index (χ1v) is 9.79. The Kier molecular flexibility index (Phi) is 7.32. The molecule has 158 valence electrons. The van der Waals surface area contributed by atoms with E-state index in [2.05, 4.69) is 27.5 Å². The highest BCUT2D eigenvalue weighted by atomic mass is 16.5. The van der Waals surface area contributed by atoms with E-state index in [1.165, 1.54) is 5.56 Å². The number of benzene rings is 2. The highest BCUT2D eigenvalue weighted by Gasteiger charge is 2.08. The number of oxazole rings is 1. The summed E-state index contributed by atoms with van der Waals surface area (Å²) in [4.78, 5) is 8.81. The number of nitrogens with zero attached hydrogens (tertiary/aromatic N) is 2. The summed E-state index contributed by atoms with van der Waals surface area (Å²) >= 11 is 0. The number of rotatable bonds is 8. The second-order valence-corrected chi connectivity index (χ2v) is 6.79. The first kappa shape index (κ1) is 21.2. The zero-order valence-electron chi connectivity index (χ0n) is 17.9. The normalized spacial score (nSPS) is 11.3. The lowest BCUT2D eigenvalue weighted by molar-refractivity contribution is 0.398. The Hall–Kier alpha value is -3.48. The van der Waals surface area contributed by atoms with Crippen LogP contribution in [0.1, 0.15) is 16.8 Å². The van der Waals surface area contributed by atoms with Crippen molar-refractivity contribution >= 4 is 5.96 Å². The van der Waals surface area contributed by atoms with Gasteiger partial charge in [0.2, 0.25) is 5.89 Å². The van der Waals surface area contributed by atoms with Crippen molar-refractivity contribution in [3.8, 4) is 23.0 Å². The van der Waals surface area contributed by atoms with E-state index in [0.717, 1.165) is 34.7 Å². The average Bonchev–Trinajstić information content (AvgIpc) is 3.25. The Morgan fingerprint density at radius 1 is 1.07 bits per heavy atom. The first-order chi connectivity index (χ1) is 14.6. The van der Waals surface area contributed by atoms with Crippen LogP contribution in [0.4, 0.5) is 0 Å². The third-order valence-corrected chi connectivity index (χ3v) is 4.69. The minimum atomic E-state index is 0.511. The van der Waals surface area contributed by atoms with Crippen LogP contribution in [0.5, 0.6) is 11.5 Å². The molecular weight excluding hydrogens is 380 g/mol. The summed E-state index contributed by atoms with van der Waals surface area (Å²) in [6.45, 7) is 3.26. The number of nitrogens with one attached hydrogen (secondary N) is 2. The molecule has 0 saturated heterocycles. The Bertz CT molecular complexity index is 980. The van der Waals surface area contributed by atoms with Crippen molar-refractivity contribution in [1.82, 2.24) is 15.6 Å². The van der Waals surface area contributed by atoms with E-state index in [1.54, 1.807) is 27.5 Å². The minimum Gasteiger partial charge on any atom is -0.497 e. The van der Waals surface area contributed by atoms with Gasteiger partial charge in [0.05, 0.1) is 26.5 Å². The highest BCUT2D eigenvalue weighted by molar-refractivity contribution is 5.79. The molecule has 0 spiro atoms. The van der Waals surface area contributed by atoms with Gasteiger partial charge in [-0.3, -0.25) is 4.99 Å². The van der Waals surface area contributed by atoms with Gasteiger partial charge < -0.3 is 24.5 Å². The fourth-order valence-corrected chi connectivity index (χ4v) is 3.00. The van der Waals surface area contributed by atoms with Gasteiger partial charge >= 0.3 is 0 Å². The van der Waals surface area contributed by atoms with E-state index < -0.39 is 0 Å². The predicted molar refractivity (Wildman–Crippen MR) is 118 cm³/mol. The van der Waals surface area contributed by atoms with Crippen LogP contribution in [0.25, 0.3) is 11.5 Å². The van der Waals surface area contributed by atoms with Crippen LogP contribution in [0.2, 0.25) is 0 Å². The third kappa shape index (κ3) is 5.53. The molecule has 30 heavy (non-hydrogen) atoms. The van der Waals surface area contributed by atoms with Crippen LogP contribution >= 0.6 is 0 Å². The molecule has 2 N–H and O–H groups in total. The summed E-state index contributed by atoms with van der Waals surface area (Å²) in [6, 6.07) is 13.9. The van der Waals surface area contributed by atoms with Gasteiger partial charge in [-0.2, -0.15) is 0 Å². The molecule has 0 unspecified atom stereocenters. The summed E-state index contributed by atoms with van der Waals surface area (Å²) in [7, 11) is 5.06. The van der Waals surface area contributed by atoms with E-state index in [1.807, 2.05) is 42.5 Å². The molecule has 3 rings (SSSR count). The smallest absolute Gasteiger partial charge is 0.226 e. The summed E-state index contributed by atoms with van der Waals surface area (Å²) in [5, 5.41) is 6.56. The van der Waals surface area contributed by atoms with Crippen LogP contribution in [-0.4, -0.2) is 38.8 Å². The lowest BCUT2D eigenvalue weighted by Gasteiger charge is -2.13. The molecule has 0 radical (unpaired) electrons. The number of aliphatic imine (C=N–C) groups is 1. The van der Waals surface area contributed by atoms with Gasteiger partial charge in [-0.05, 0) is 49.2 Å². The van der Waals surface area contributed by atoms with Crippen LogP contribution < -0.4 is 20.1 Å². The minimum absolute atomic E-state index is 0.511. The second-order valence-electron chi connectivity index (χ2n) is 6.79. The molecule has 0 bridgehead atoms. The molecule has 0 aliphatic carbocycles. The van der Waals surface area contributed by atoms with Gasteiger partial charge in [0.25, 0.3) is 0 Å². The lowest BCUT2D eigenvalue weighted by Crippen LogP contribution is -2.37. The summed E-state index contributed by atoms with van der Waals surface area (Å²) in [6.07, 6.45) is 2.43. The van der Waals surface area contributed by atoms with Crippen molar-refractivity contribution in [3.63, 3.8) is 0 Å². The number of guanidine groups is 1. The topological polar surface area (TPSA) is 80.9 Å². The number of aryl methyl sites for hydroxylation is 1. The zero-order valence-corrected chi connectivity index (χ0v) is 17.9. The third-order valence-electron chi connectivity index (χ3n) is 4.69. The van der Waals surface area contributed by atoms with E-state index in [-0.39, 0.29) is 0 Å². The molecule has 0 saturated carbocycles. The van der Waals surface area contributed by atoms with Crippen LogP contribution in [0.15, 0.2) is 58.1 Å². The van der Waals surface area contributed by atoms with Crippen molar-refractivity contribution in [2.45, 2.75) is 19.9 Å². The van der Waals surface area contributed by atoms with Gasteiger partial charge in [-0.1, -0.05) is 17.7 Å². The predicted octanol–water partition coefficient (Wildman–Crippen LogP) is 3.57. The maximum Gasteiger partial charge on any atom is 0.226 e. The van der Waals surface area contributed by atoms with Crippen molar-refractivity contribution in [2.24, 2.45) is 4.99 Å². The van der Waals surface area contributed by atoms with Crippen LogP contribution in [-0.2, 0) is 13.0 Å². The summed E-state index contributed by atoms with van der Waals surface area (Å²) in [5.74, 6) is 2.95. The van der Waals surface area contributed by atoms with Crippen LogP contribution in [0, 0.1) is 6.92 Å². The van der Waals surface area contributed by atoms with Gasteiger partial charge in [0, 0.05) is 19.2 Å². The van der Waals surface area contributed by atoms with Crippen molar-refractivity contribution < 1.29 is 13.9 Å². The molecule has 3 aromatic rings. The van der Waals surface area contributed by atoms with Gasteiger partial charge in [-0.15, -0.1) is 0 Å². The molecule has 2 aromatic carbocycles. The lowest BCUT2D eigenvalue weighted by atomic mass is 10.1. The molecule has 1 aromatic heterocycles. The van der Waals surface area contributed by atoms with Crippen molar-refractivity contribution in [3.05, 3.63) is 65.5 Å². The average molecular weight is 409 g/mol. The number of ether oxygens (including phenoxy) is 2. The molecule has 0 amide bonds. The molecule has 0 aliphatic heterocycles. The number of hydrogen-bond donors (Lipinski definition) is 2. The fraction of sp³-hybridized carbons (Fsp3) is 0.304. The molecule has 7 heteroatoms. The zero-order chi connectivity index (χ0) is 21.3. The molecule has 0 atom stereocenters. The van der Waals surface area contributed by atoms with Gasteiger partial charge in [0.15, 0.2) is 5.96 Å².